The molecule has 0 atom stereocenters. The summed E-state index contributed by atoms with van der Waals surface area (Å²) in [5.41, 5.74) is 1.80. The summed E-state index contributed by atoms with van der Waals surface area (Å²) in [6, 6.07) is 7.60. The molecule has 1 rings (SSSR count). The Kier molecular flexibility index (Phi) is 6.44. The molecule has 0 aromatic heterocycles. The van der Waals surface area contributed by atoms with Crippen molar-refractivity contribution in [2.75, 3.05) is 25.1 Å². The van der Waals surface area contributed by atoms with Gasteiger partial charge >= 0.3 is 0 Å². The van der Waals surface area contributed by atoms with Crippen molar-refractivity contribution in [3.8, 4) is 0 Å². The zero-order chi connectivity index (χ0) is 13.4. The average molecular weight is 249 g/mol. The summed E-state index contributed by atoms with van der Waals surface area (Å²) >= 11 is 0. The van der Waals surface area contributed by atoms with Gasteiger partial charge in [-0.1, -0.05) is 20.8 Å². The van der Waals surface area contributed by atoms with Crippen LogP contribution in [0, 0.1) is 5.92 Å². The molecule has 0 saturated heterocycles. The minimum absolute atomic E-state index is 0.182. The monoisotopic (exact) mass is 249 g/mol. The number of hydrogen-bond donors (Lipinski definition) is 1. The fraction of sp³-hybridized carbons (Fsp3) is 0.533. The number of rotatable bonds is 8. The Morgan fingerprint density at radius 1 is 1.28 bits per heavy atom. The predicted molar refractivity (Wildman–Crippen MR) is 75.2 cm³/mol. The largest absolute Gasteiger partial charge is 0.383 e. The van der Waals surface area contributed by atoms with Gasteiger partial charge in [-0.25, -0.2) is 0 Å². The first kappa shape index (κ1) is 14.7. The third-order valence-corrected chi connectivity index (χ3v) is 2.55. The maximum absolute atomic E-state index is 11.4. The molecule has 3 nitrogen and oxygen atoms in total. The Morgan fingerprint density at radius 3 is 2.50 bits per heavy atom. The van der Waals surface area contributed by atoms with Crippen LogP contribution >= 0.6 is 0 Å². The lowest BCUT2D eigenvalue weighted by Gasteiger charge is -2.09. The Hall–Kier alpha value is -1.35. The molecule has 0 aliphatic carbocycles. The van der Waals surface area contributed by atoms with E-state index in [0.717, 1.165) is 24.4 Å². The van der Waals surface area contributed by atoms with Crippen molar-refractivity contribution in [2.24, 2.45) is 5.92 Å². The van der Waals surface area contributed by atoms with E-state index >= 15 is 0 Å². The van der Waals surface area contributed by atoms with Crippen LogP contribution in [0.4, 0.5) is 5.69 Å². The SMILES string of the molecule is CCC(=O)c1ccc(NCCOCC(C)C)cc1. The number of hydrogen-bond acceptors (Lipinski definition) is 3. The summed E-state index contributed by atoms with van der Waals surface area (Å²) in [6.07, 6.45) is 0.551. The molecule has 0 heterocycles. The second-order valence-corrected chi connectivity index (χ2v) is 4.75. The van der Waals surface area contributed by atoms with Gasteiger partial charge in [0.15, 0.2) is 5.78 Å². The second kappa shape index (κ2) is 7.88. The highest BCUT2D eigenvalue weighted by Crippen LogP contribution is 2.10. The van der Waals surface area contributed by atoms with Crippen LogP contribution in [-0.4, -0.2) is 25.5 Å². The van der Waals surface area contributed by atoms with Gasteiger partial charge in [0, 0.05) is 30.8 Å². The fourth-order valence-corrected chi connectivity index (χ4v) is 1.56. The van der Waals surface area contributed by atoms with Crippen molar-refractivity contribution < 1.29 is 9.53 Å². The molecule has 0 amide bonds. The minimum Gasteiger partial charge on any atom is -0.383 e. The first-order valence-electron chi connectivity index (χ1n) is 6.58. The number of anilines is 1. The van der Waals surface area contributed by atoms with Gasteiger partial charge < -0.3 is 10.1 Å². The number of benzene rings is 1. The van der Waals surface area contributed by atoms with Crippen LogP contribution in [0.15, 0.2) is 24.3 Å². The molecule has 0 aliphatic rings. The minimum atomic E-state index is 0.182. The van der Waals surface area contributed by atoms with Crippen LogP contribution in [0.25, 0.3) is 0 Å². The van der Waals surface area contributed by atoms with Gasteiger partial charge in [0.1, 0.15) is 0 Å². The van der Waals surface area contributed by atoms with E-state index in [0.29, 0.717) is 18.9 Å². The quantitative estimate of drug-likeness (QED) is 0.567. The lowest BCUT2D eigenvalue weighted by Crippen LogP contribution is -2.12. The van der Waals surface area contributed by atoms with Crippen molar-refractivity contribution in [1.29, 1.82) is 0 Å². The topological polar surface area (TPSA) is 38.3 Å². The fourth-order valence-electron chi connectivity index (χ4n) is 1.56. The molecule has 1 N–H and O–H groups in total. The van der Waals surface area contributed by atoms with E-state index in [1.165, 1.54) is 0 Å². The molecule has 0 saturated carbocycles. The summed E-state index contributed by atoms with van der Waals surface area (Å²) in [5, 5.41) is 3.27. The number of nitrogens with one attached hydrogen (secondary N) is 1. The Morgan fingerprint density at radius 2 is 1.94 bits per heavy atom. The summed E-state index contributed by atoms with van der Waals surface area (Å²) in [7, 11) is 0. The van der Waals surface area contributed by atoms with Gasteiger partial charge in [0.05, 0.1) is 6.61 Å². The summed E-state index contributed by atoms with van der Waals surface area (Å²) in [6.45, 7) is 8.43. The van der Waals surface area contributed by atoms with E-state index in [1.807, 2.05) is 31.2 Å². The molecule has 0 unspecified atom stereocenters. The first-order chi connectivity index (χ1) is 8.63. The molecule has 1 aromatic rings. The van der Waals surface area contributed by atoms with Gasteiger partial charge in [-0.05, 0) is 30.2 Å². The van der Waals surface area contributed by atoms with Crippen molar-refractivity contribution in [3.63, 3.8) is 0 Å². The molecule has 0 bridgehead atoms. The van der Waals surface area contributed by atoms with E-state index in [2.05, 4.69) is 19.2 Å². The first-order valence-corrected chi connectivity index (χ1v) is 6.58. The zero-order valence-electron chi connectivity index (χ0n) is 11.5. The standard InChI is InChI=1S/C15H23NO2/c1-4-15(17)13-5-7-14(8-6-13)16-9-10-18-11-12(2)3/h5-8,12,16H,4,9-11H2,1-3H3. The highest BCUT2D eigenvalue weighted by Gasteiger charge is 2.01. The van der Waals surface area contributed by atoms with E-state index in [1.54, 1.807) is 0 Å². The van der Waals surface area contributed by atoms with Crippen molar-refractivity contribution in [3.05, 3.63) is 29.8 Å². The van der Waals surface area contributed by atoms with Crippen molar-refractivity contribution in [2.45, 2.75) is 27.2 Å². The lowest BCUT2D eigenvalue weighted by atomic mass is 10.1. The van der Waals surface area contributed by atoms with Gasteiger partial charge in [-0.15, -0.1) is 0 Å². The van der Waals surface area contributed by atoms with Crippen LogP contribution in [0.5, 0.6) is 0 Å². The summed E-state index contributed by atoms with van der Waals surface area (Å²) in [5.74, 6) is 0.756. The molecule has 100 valence electrons. The van der Waals surface area contributed by atoms with Crippen LogP contribution in [0.3, 0.4) is 0 Å². The molecule has 0 radical (unpaired) electrons. The van der Waals surface area contributed by atoms with Crippen molar-refractivity contribution >= 4 is 11.5 Å². The molecule has 3 heteroatoms. The molecular formula is C15H23NO2. The molecule has 18 heavy (non-hydrogen) atoms. The molecule has 0 aliphatic heterocycles. The Balaban J connectivity index is 2.29. The Bertz CT molecular complexity index is 357. The summed E-state index contributed by atoms with van der Waals surface area (Å²) in [4.78, 5) is 11.4. The maximum Gasteiger partial charge on any atom is 0.162 e. The molecular weight excluding hydrogens is 226 g/mol. The number of ether oxygens (including phenoxy) is 1. The predicted octanol–water partition coefficient (Wildman–Crippen LogP) is 3.36. The van der Waals surface area contributed by atoms with Gasteiger partial charge in [-0.2, -0.15) is 0 Å². The highest BCUT2D eigenvalue weighted by molar-refractivity contribution is 5.96. The van der Waals surface area contributed by atoms with E-state index in [-0.39, 0.29) is 5.78 Å². The smallest absolute Gasteiger partial charge is 0.162 e. The molecule has 1 aromatic carbocycles. The van der Waals surface area contributed by atoms with E-state index < -0.39 is 0 Å². The lowest BCUT2D eigenvalue weighted by molar-refractivity contribution is 0.0988. The Labute approximate surface area is 110 Å². The number of ketones is 1. The van der Waals surface area contributed by atoms with Gasteiger partial charge in [0.2, 0.25) is 0 Å². The van der Waals surface area contributed by atoms with Crippen LogP contribution in [-0.2, 0) is 4.74 Å². The van der Waals surface area contributed by atoms with Gasteiger partial charge in [0.25, 0.3) is 0 Å². The average Bonchev–Trinajstić information content (AvgIpc) is 2.38. The van der Waals surface area contributed by atoms with Crippen LogP contribution in [0.1, 0.15) is 37.6 Å². The normalized spacial score (nSPS) is 10.7. The van der Waals surface area contributed by atoms with E-state index in [9.17, 15) is 4.79 Å². The second-order valence-electron chi connectivity index (χ2n) is 4.75. The van der Waals surface area contributed by atoms with Crippen molar-refractivity contribution in [1.82, 2.24) is 0 Å². The number of Topliss-reactive ketones (excluding diaryl/α,β-unsaturated/α-hetero) is 1. The zero-order valence-corrected chi connectivity index (χ0v) is 11.5. The van der Waals surface area contributed by atoms with Crippen LogP contribution in [0.2, 0.25) is 0 Å². The van der Waals surface area contributed by atoms with E-state index in [4.69, 9.17) is 4.74 Å². The summed E-state index contributed by atoms with van der Waals surface area (Å²) < 4.78 is 5.48. The third kappa shape index (κ3) is 5.32. The molecule has 0 spiro atoms. The molecule has 0 fully saturated rings. The highest BCUT2D eigenvalue weighted by atomic mass is 16.5. The van der Waals surface area contributed by atoms with Crippen LogP contribution < -0.4 is 5.32 Å². The number of carbonyl (C=O) groups excluding carboxylic acids is 1. The third-order valence-electron chi connectivity index (χ3n) is 2.55. The maximum atomic E-state index is 11.4. The number of carbonyl (C=O) groups is 1. The van der Waals surface area contributed by atoms with Gasteiger partial charge in [-0.3, -0.25) is 4.79 Å².